The van der Waals surface area contributed by atoms with E-state index in [9.17, 15) is 0 Å². The van der Waals surface area contributed by atoms with Gasteiger partial charge in [0.2, 0.25) is 0 Å². The summed E-state index contributed by atoms with van der Waals surface area (Å²) in [4.78, 5) is 6.10. The molecule has 4 rings (SSSR count). The summed E-state index contributed by atoms with van der Waals surface area (Å²) in [6, 6.07) is 9.34. The fourth-order valence-corrected chi connectivity index (χ4v) is 5.99. The lowest BCUT2D eigenvalue weighted by Gasteiger charge is -2.24. The molecule has 0 saturated carbocycles. The molecule has 0 aliphatic heterocycles. The molecule has 108 valence electrons. The molecule has 0 amide bonds. The molecule has 1 aliphatic carbocycles. The number of fused-ring (bicyclic) bond motifs is 2. The number of benzene rings is 1. The van der Waals surface area contributed by atoms with E-state index in [1.165, 1.54) is 38.1 Å². The van der Waals surface area contributed by atoms with Crippen LogP contribution < -0.4 is 5.32 Å². The fraction of sp³-hybridized carbons (Fsp3) is 0.312. The minimum Gasteiger partial charge on any atom is -0.378 e. The topological polar surface area (TPSA) is 24.9 Å². The number of halogens is 1. The number of rotatable bonds is 2. The van der Waals surface area contributed by atoms with Gasteiger partial charge in [-0.15, -0.1) is 22.7 Å². The van der Waals surface area contributed by atoms with Crippen molar-refractivity contribution in [1.29, 1.82) is 0 Å². The van der Waals surface area contributed by atoms with Gasteiger partial charge in [-0.3, -0.25) is 0 Å². The molecule has 21 heavy (non-hydrogen) atoms. The number of aryl methyl sites for hydroxylation is 2. The molecule has 1 aromatic carbocycles. The highest BCUT2D eigenvalue weighted by atomic mass is 127. The van der Waals surface area contributed by atoms with E-state index in [1.54, 1.807) is 16.2 Å². The second-order valence-corrected chi connectivity index (χ2v) is 9.70. The molecule has 0 bridgehead atoms. The molecule has 0 saturated heterocycles. The Hall–Kier alpha value is -0.660. The van der Waals surface area contributed by atoms with Crippen LogP contribution in [-0.2, 0) is 6.42 Å². The van der Waals surface area contributed by atoms with Crippen LogP contribution in [0.1, 0.15) is 34.3 Å². The SMILES string of the molecule is Cc1nc2ccc(NC3CCCc4sc(I)cc43)cc2s1. The molecule has 1 unspecified atom stereocenters. The largest absolute Gasteiger partial charge is 0.378 e. The number of aromatic nitrogens is 1. The molecule has 0 spiro atoms. The minimum atomic E-state index is 0.458. The van der Waals surface area contributed by atoms with Crippen molar-refractivity contribution in [1.82, 2.24) is 4.98 Å². The van der Waals surface area contributed by atoms with Gasteiger partial charge < -0.3 is 5.32 Å². The van der Waals surface area contributed by atoms with Crippen LogP contribution in [0.3, 0.4) is 0 Å². The van der Waals surface area contributed by atoms with E-state index in [0.29, 0.717) is 6.04 Å². The Morgan fingerprint density at radius 3 is 3.10 bits per heavy atom. The third-order valence-corrected chi connectivity index (χ3v) is 6.82. The predicted molar refractivity (Wildman–Crippen MR) is 101 cm³/mol. The van der Waals surface area contributed by atoms with Gasteiger partial charge in [0.05, 0.1) is 24.1 Å². The van der Waals surface area contributed by atoms with Crippen LogP contribution in [0.4, 0.5) is 5.69 Å². The highest BCUT2D eigenvalue weighted by Gasteiger charge is 2.22. The van der Waals surface area contributed by atoms with Gasteiger partial charge in [0.1, 0.15) is 0 Å². The first-order valence-corrected chi connectivity index (χ1v) is 9.82. The standard InChI is InChI=1S/C16H15IN2S2/c1-9-18-13-6-5-10(7-15(13)20-9)19-12-3-2-4-14-11(12)8-16(17)21-14/h5-8,12,19H,2-4H2,1H3. The number of hydrogen-bond acceptors (Lipinski definition) is 4. The lowest BCUT2D eigenvalue weighted by atomic mass is 9.94. The predicted octanol–water partition coefficient (Wildman–Crippen LogP) is 5.76. The molecule has 1 N–H and O–H groups in total. The summed E-state index contributed by atoms with van der Waals surface area (Å²) in [5, 5.41) is 4.87. The van der Waals surface area contributed by atoms with Crippen molar-refractivity contribution in [2.75, 3.05) is 5.32 Å². The van der Waals surface area contributed by atoms with Crippen LogP contribution in [0.25, 0.3) is 10.2 Å². The Balaban J connectivity index is 1.65. The number of thiazole rings is 1. The maximum Gasteiger partial charge on any atom is 0.0907 e. The van der Waals surface area contributed by atoms with E-state index in [1.807, 2.05) is 11.3 Å². The lowest BCUT2D eigenvalue weighted by molar-refractivity contribution is 0.609. The van der Waals surface area contributed by atoms with Gasteiger partial charge in [-0.25, -0.2) is 4.98 Å². The van der Waals surface area contributed by atoms with Crippen LogP contribution in [-0.4, -0.2) is 4.98 Å². The Bertz CT molecular complexity index is 806. The Labute approximate surface area is 145 Å². The quantitative estimate of drug-likeness (QED) is 0.527. The summed E-state index contributed by atoms with van der Waals surface area (Å²) in [6.07, 6.45) is 3.75. The van der Waals surface area contributed by atoms with E-state index in [2.05, 4.69) is 64.1 Å². The van der Waals surface area contributed by atoms with Crippen molar-refractivity contribution in [2.24, 2.45) is 0 Å². The second kappa shape index (κ2) is 5.52. The lowest BCUT2D eigenvalue weighted by Crippen LogP contribution is -2.15. The normalized spacial score (nSPS) is 17.9. The van der Waals surface area contributed by atoms with Crippen LogP contribution in [0.15, 0.2) is 24.3 Å². The molecule has 0 fully saturated rings. The molecular formula is C16H15IN2S2. The third-order valence-electron chi connectivity index (χ3n) is 3.92. The van der Waals surface area contributed by atoms with E-state index in [0.717, 1.165) is 10.5 Å². The van der Waals surface area contributed by atoms with Crippen molar-refractivity contribution in [2.45, 2.75) is 32.2 Å². The van der Waals surface area contributed by atoms with Gasteiger partial charge >= 0.3 is 0 Å². The van der Waals surface area contributed by atoms with Crippen LogP contribution in [0, 0.1) is 9.81 Å². The minimum absolute atomic E-state index is 0.458. The monoisotopic (exact) mass is 426 g/mol. The molecule has 0 radical (unpaired) electrons. The molecule has 3 aromatic rings. The zero-order valence-electron chi connectivity index (χ0n) is 11.6. The van der Waals surface area contributed by atoms with E-state index < -0.39 is 0 Å². The highest BCUT2D eigenvalue weighted by molar-refractivity contribution is 14.1. The molecule has 2 nitrogen and oxygen atoms in total. The van der Waals surface area contributed by atoms with Crippen LogP contribution in [0.2, 0.25) is 0 Å². The fourth-order valence-electron chi connectivity index (χ4n) is 3.00. The summed E-state index contributed by atoms with van der Waals surface area (Å²) < 4.78 is 2.67. The molecule has 2 heterocycles. The van der Waals surface area contributed by atoms with E-state index in [-0.39, 0.29) is 0 Å². The van der Waals surface area contributed by atoms with Gasteiger partial charge in [-0.05, 0) is 78.6 Å². The van der Waals surface area contributed by atoms with Crippen molar-refractivity contribution >= 4 is 61.2 Å². The zero-order valence-corrected chi connectivity index (χ0v) is 15.4. The van der Waals surface area contributed by atoms with Gasteiger partial charge in [-0.1, -0.05) is 0 Å². The number of hydrogen-bond donors (Lipinski definition) is 1. The maximum atomic E-state index is 4.53. The highest BCUT2D eigenvalue weighted by Crippen LogP contribution is 2.38. The maximum absolute atomic E-state index is 4.53. The van der Waals surface area contributed by atoms with Crippen molar-refractivity contribution in [3.05, 3.63) is 42.6 Å². The summed E-state index contributed by atoms with van der Waals surface area (Å²) >= 11 is 6.16. The van der Waals surface area contributed by atoms with Crippen molar-refractivity contribution < 1.29 is 0 Å². The molecule has 2 aromatic heterocycles. The van der Waals surface area contributed by atoms with Crippen LogP contribution in [0.5, 0.6) is 0 Å². The molecule has 1 aliphatic rings. The number of nitrogens with zero attached hydrogens (tertiary/aromatic N) is 1. The van der Waals surface area contributed by atoms with Gasteiger partial charge in [0.25, 0.3) is 0 Å². The van der Waals surface area contributed by atoms with Crippen LogP contribution >= 0.6 is 45.3 Å². The number of thiophene rings is 1. The Morgan fingerprint density at radius 2 is 2.19 bits per heavy atom. The average molecular weight is 426 g/mol. The summed E-state index contributed by atoms with van der Waals surface area (Å²) in [5.74, 6) is 0. The Morgan fingerprint density at radius 1 is 1.29 bits per heavy atom. The Kier molecular flexibility index (Phi) is 3.67. The summed E-state index contributed by atoms with van der Waals surface area (Å²) in [7, 11) is 0. The second-order valence-electron chi connectivity index (χ2n) is 5.43. The smallest absolute Gasteiger partial charge is 0.0907 e. The average Bonchev–Trinajstić information content (AvgIpc) is 2.99. The molecular weight excluding hydrogens is 411 g/mol. The zero-order chi connectivity index (χ0) is 14.4. The first-order chi connectivity index (χ1) is 10.2. The number of nitrogens with one attached hydrogen (secondary N) is 1. The third kappa shape index (κ3) is 2.71. The van der Waals surface area contributed by atoms with Crippen molar-refractivity contribution in [3.8, 4) is 0 Å². The summed E-state index contributed by atoms with van der Waals surface area (Å²) in [5.41, 5.74) is 3.83. The van der Waals surface area contributed by atoms with Gasteiger partial charge in [-0.2, -0.15) is 0 Å². The molecule has 1 atom stereocenters. The molecule has 5 heteroatoms. The summed E-state index contributed by atoms with van der Waals surface area (Å²) in [6.45, 7) is 2.07. The van der Waals surface area contributed by atoms with Crippen molar-refractivity contribution in [3.63, 3.8) is 0 Å². The number of anilines is 1. The van der Waals surface area contributed by atoms with Gasteiger partial charge in [0, 0.05) is 10.6 Å². The first kappa shape index (κ1) is 14.0. The van der Waals surface area contributed by atoms with E-state index >= 15 is 0 Å². The first-order valence-electron chi connectivity index (χ1n) is 7.11. The van der Waals surface area contributed by atoms with Gasteiger partial charge in [0.15, 0.2) is 0 Å². The van der Waals surface area contributed by atoms with E-state index in [4.69, 9.17) is 0 Å².